The van der Waals surface area contributed by atoms with E-state index in [2.05, 4.69) is 11.8 Å². The highest BCUT2D eigenvalue weighted by Crippen LogP contribution is 1.87. The van der Waals surface area contributed by atoms with Crippen LogP contribution in [0.5, 0.6) is 0 Å². The van der Waals surface area contributed by atoms with Crippen molar-refractivity contribution in [1.29, 1.82) is 0 Å². The van der Waals surface area contributed by atoms with Crippen molar-refractivity contribution in [3.8, 4) is 11.8 Å². The zero-order chi connectivity index (χ0) is 7.82. The lowest BCUT2D eigenvalue weighted by Crippen LogP contribution is -2.08. The molecular formula is C8H14O2. The Morgan fingerprint density at radius 1 is 1.50 bits per heavy atom. The Bertz CT molecular complexity index is 121. The van der Waals surface area contributed by atoms with Crippen molar-refractivity contribution < 1.29 is 9.47 Å². The maximum Gasteiger partial charge on any atom is 0.148 e. The van der Waals surface area contributed by atoms with Crippen molar-refractivity contribution in [2.75, 3.05) is 13.4 Å². The van der Waals surface area contributed by atoms with Crippen LogP contribution in [0.1, 0.15) is 20.8 Å². The fourth-order valence-corrected chi connectivity index (χ4v) is 0.478. The highest BCUT2D eigenvalue weighted by Gasteiger charge is 1.93. The lowest BCUT2D eigenvalue weighted by molar-refractivity contribution is -0.0637. The quantitative estimate of drug-likeness (QED) is 0.335. The second-order valence-electron chi connectivity index (χ2n) is 1.81. The molecule has 0 heterocycles. The molecule has 0 aromatic heterocycles. The van der Waals surface area contributed by atoms with Crippen molar-refractivity contribution in [1.82, 2.24) is 0 Å². The zero-order valence-corrected chi connectivity index (χ0v) is 6.81. The van der Waals surface area contributed by atoms with Crippen LogP contribution in [0.25, 0.3) is 0 Å². The molecule has 0 aliphatic heterocycles. The van der Waals surface area contributed by atoms with Gasteiger partial charge < -0.3 is 9.47 Å². The molecule has 0 aliphatic carbocycles. The minimum absolute atomic E-state index is 0.0171. The Morgan fingerprint density at radius 3 is 2.70 bits per heavy atom. The molecular weight excluding hydrogens is 128 g/mol. The molecule has 0 fully saturated rings. The van der Waals surface area contributed by atoms with Gasteiger partial charge in [-0.3, -0.25) is 0 Å². The second-order valence-corrected chi connectivity index (χ2v) is 1.81. The van der Waals surface area contributed by atoms with Crippen LogP contribution in [0.4, 0.5) is 0 Å². The number of hydrogen-bond acceptors (Lipinski definition) is 2. The summed E-state index contributed by atoms with van der Waals surface area (Å²) in [6.45, 7) is 6.65. The van der Waals surface area contributed by atoms with Gasteiger partial charge in [-0.15, -0.1) is 5.92 Å². The van der Waals surface area contributed by atoms with Crippen LogP contribution in [0.15, 0.2) is 0 Å². The summed E-state index contributed by atoms with van der Waals surface area (Å²) in [5, 5.41) is 0. The Kier molecular flexibility index (Phi) is 6.25. The van der Waals surface area contributed by atoms with Gasteiger partial charge in [0.25, 0.3) is 0 Å². The largest absolute Gasteiger partial charge is 0.356 e. The summed E-state index contributed by atoms with van der Waals surface area (Å²) >= 11 is 0. The molecule has 0 saturated carbocycles. The third-order valence-corrected chi connectivity index (χ3v) is 0.953. The van der Waals surface area contributed by atoms with Crippen LogP contribution < -0.4 is 0 Å². The summed E-state index contributed by atoms with van der Waals surface area (Å²) < 4.78 is 10.1. The van der Waals surface area contributed by atoms with E-state index < -0.39 is 0 Å². The van der Waals surface area contributed by atoms with E-state index in [1.807, 2.05) is 13.8 Å². The van der Waals surface area contributed by atoms with Gasteiger partial charge in [0.15, 0.2) is 0 Å². The summed E-state index contributed by atoms with van der Waals surface area (Å²) in [6.07, 6.45) is -0.0171. The minimum Gasteiger partial charge on any atom is -0.356 e. The lowest BCUT2D eigenvalue weighted by Gasteiger charge is -2.05. The first-order valence-corrected chi connectivity index (χ1v) is 3.42. The number of rotatable bonds is 4. The third-order valence-electron chi connectivity index (χ3n) is 0.953. The summed E-state index contributed by atoms with van der Waals surface area (Å²) in [5.41, 5.74) is 0. The van der Waals surface area contributed by atoms with Gasteiger partial charge in [-0.25, -0.2) is 0 Å². The standard InChI is InChI=1S/C8H14O2/c1-4-6-8(3)10-7-9-5-2/h8H,5,7H2,1-3H3. The van der Waals surface area contributed by atoms with E-state index >= 15 is 0 Å². The van der Waals surface area contributed by atoms with E-state index in [1.165, 1.54) is 0 Å². The van der Waals surface area contributed by atoms with Gasteiger partial charge >= 0.3 is 0 Å². The van der Waals surface area contributed by atoms with E-state index in [9.17, 15) is 0 Å². The molecule has 1 unspecified atom stereocenters. The fraction of sp³-hybridized carbons (Fsp3) is 0.750. The first-order valence-electron chi connectivity index (χ1n) is 3.42. The van der Waals surface area contributed by atoms with E-state index in [0.717, 1.165) is 0 Å². The Labute approximate surface area is 62.5 Å². The van der Waals surface area contributed by atoms with Crippen molar-refractivity contribution in [2.45, 2.75) is 26.9 Å². The lowest BCUT2D eigenvalue weighted by atomic mass is 10.4. The molecule has 0 spiro atoms. The Hall–Kier alpha value is -0.520. The van der Waals surface area contributed by atoms with E-state index in [0.29, 0.717) is 13.4 Å². The normalized spacial score (nSPS) is 11.9. The molecule has 0 rings (SSSR count). The van der Waals surface area contributed by atoms with Gasteiger partial charge in [-0.1, -0.05) is 5.92 Å². The molecule has 1 atom stereocenters. The minimum atomic E-state index is -0.0171. The SMILES string of the molecule is CC#CC(C)OCOCC. The summed E-state index contributed by atoms with van der Waals surface area (Å²) in [4.78, 5) is 0. The molecule has 0 radical (unpaired) electrons. The van der Waals surface area contributed by atoms with Gasteiger partial charge in [0.2, 0.25) is 0 Å². The highest BCUT2D eigenvalue weighted by atomic mass is 16.7. The van der Waals surface area contributed by atoms with Gasteiger partial charge in [-0.2, -0.15) is 0 Å². The molecule has 0 amide bonds. The van der Waals surface area contributed by atoms with Gasteiger partial charge in [-0.05, 0) is 20.8 Å². The second kappa shape index (κ2) is 6.60. The zero-order valence-electron chi connectivity index (χ0n) is 6.81. The molecule has 0 aromatic rings. The average molecular weight is 142 g/mol. The summed E-state index contributed by atoms with van der Waals surface area (Å²) in [5.74, 6) is 5.62. The fourth-order valence-electron chi connectivity index (χ4n) is 0.478. The smallest absolute Gasteiger partial charge is 0.148 e. The van der Waals surface area contributed by atoms with Crippen LogP contribution in [0.3, 0.4) is 0 Å². The van der Waals surface area contributed by atoms with E-state index in [4.69, 9.17) is 9.47 Å². The molecule has 0 N–H and O–H groups in total. The monoisotopic (exact) mass is 142 g/mol. The van der Waals surface area contributed by atoms with Crippen molar-refractivity contribution in [3.05, 3.63) is 0 Å². The van der Waals surface area contributed by atoms with Gasteiger partial charge in [0.05, 0.1) is 0 Å². The Morgan fingerprint density at radius 2 is 2.20 bits per heavy atom. The number of hydrogen-bond donors (Lipinski definition) is 0. The summed E-state index contributed by atoms with van der Waals surface area (Å²) in [6, 6.07) is 0. The number of ether oxygens (including phenoxy) is 2. The van der Waals surface area contributed by atoms with E-state index in [1.54, 1.807) is 6.92 Å². The van der Waals surface area contributed by atoms with Crippen LogP contribution in [-0.4, -0.2) is 19.5 Å². The third kappa shape index (κ3) is 5.61. The van der Waals surface area contributed by atoms with E-state index in [-0.39, 0.29) is 6.10 Å². The molecule has 0 saturated heterocycles. The molecule has 0 bridgehead atoms. The first kappa shape index (κ1) is 9.48. The Balaban J connectivity index is 3.18. The average Bonchev–Trinajstić information content (AvgIpc) is 1.89. The van der Waals surface area contributed by atoms with Crippen LogP contribution in [0, 0.1) is 11.8 Å². The molecule has 0 aliphatic rings. The first-order chi connectivity index (χ1) is 4.81. The molecule has 58 valence electrons. The van der Waals surface area contributed by atoms with Crippen LogP contribution in [-0.2, 0) is 9.47 Å². The molecule has 2 heteroatoms. The van der Waals surface area contributed by atoms with Crippen LogP contribution in [0.2, 0.25) is 0 Å². The molecule has 0 aromatic carbocycles. The predicted octanol–water partition coefficient (Wildman–Crippen LogP) is 1.41. The predicted molar refractivity (Wildman–Crippen MR) is 40.5 cm³/mol. The maximum atomic E-state index is 5.13. The van der Waals surface area contributed by atoms with Crippen molar-refractivity contribution >= 4 is 0 Å². The summed E-state index contributed by atoms with van der Waals surface area (Å²) in [7, 11) is 0. The molecule has 10 heavy (non-hydrogen) atoms. The highest BCUT2D eigenvalue weighted by molar-refractivity contribution is 5.00. The van der Waals surface area contributed by atoms with Gasteiger partial charge in [0, 0.05) is 6.61 Å². The van der Waals surface area contributed by atoms with Crippen LogP contribution >= 0.6 is 0 Å². The van der Waals surface area contributed by atoms with Gasteiger partial charge in [0.1, 0.15) is 12.9 Å². The van der Waals surface area contributed by atoms with Crippen molar-refractivity contribution in [2.24, 2.45) is 0 Å². The topological polar surface area (TPSA) is 18.5 Å². The molecule has 2 nitrogen and oxygen atoms in total. The van der Waals surface area contributed by atoms with Crippen molar-refractivity contribution in [3.63, 3.8) is 0 Å². The maximum absolute atomic E-state index is 5.13.